The first-order valence-corrected chi connectivity index (χ1v) is 4.74. The molecule has 0 fully saturated rings. The summed E-state index contributed by atoms with van der Waals surface area (Å²) in [4.78, 5) is 17.2. The van der Waals surface area contributed by atoms with E-state index in [2.05, 4.69) is 14.7 Å². The summed E-state index contributed by atoms with van der Waals surface area (Å²) in [5.41, 5.74) is 1.03. The van der Waals surface area contributed by atoms with E-state index in [4.69, 9.17) is 0 Å². The second-order valence-electron chi connectivity index (χ2n) is 3.21. The van der Waals surface area contributed by atoms with Gasteiger partial charge in [-0.1, -0.05) is 0 Å². The van der Waals surface area contributed by atoms with E-state index in [-0.39, 0.29) is 5.75 Å². The number of rotatable bonds is 4. The number of H-pyrrole nitrogens is 1. The Balaban J connectivity index is 2.19. The number of hydrogen-bond acceptors (Lipinski definition) is 3. The summed E-state index contributed by atoms with van der Waals surface area (Å²) in [6.07, 6.45) is 2.04. The monoisotopic (exact) mass is 238 g/mol. The fourth-order valence-corrected chi connectivity index (χ4v) is 1.34. The Hall–Kier alpha value is -2.24. The van der Waals surface area contributed by atoms with Crippen LogP contribution in [0.4, 0.5) is 8.78 Å². The Morgan fingerprint density at radius 2 is 2.00 bits per heavy atom. The zero-order chi connectivity index (χ0) is 12.3. The van der Waals surface area contributed by atoms with Gasteiger partial charge in [0.1, 0.15) is 11.6 Å². The minimum Gasteiger partial charge on any atom is -0.435 e. The quantitative estimate of drug-likeness (QED) is 0.832. The summed E-state index contributed by atoms with van der Waals surface area (Å²) in [5, 5.41) is 0. The van der Waals surface area contributed by atoms with Crippen molar-refractivity contribution in [3.8, 4) is 17.1 Å². The number of nitrogens with one attached hydrogen (secondary N) is 1. The summed E-state index contributed by atoms with van der Waals surface area (Å²) in [6, 6.07) is 5.96. The van der Waals surface area contributed by atoms with E-state index in [1.165, 1.54) is 18.3 Å². The molecule has 88 valence electrons. The minimum atomic E-state index is -2.84. The molecular formula is C11H8F2N2O2. The van der Waals surface area contributed by atoms with Gasteiger partial charge in [-0.05, 0) is 24.3 Å². The van der Waals surface area contributed by atoms with Crippen LogP contribution in [-0.4, -0.2) is 22.9 Å². The van der Waals surface area contributed by atoms with Crippen LogP contribution in [0.15, 0.2) is 30.5 Å². The lowest BCUT2D eigenvalue weighted by atomic mass is 10.2. The van der Waals surface area contributed by atoms with Crippen LogP contribution in [0.2, 0.25) is 0 Å². The van der Waals surface area contributed by atoms with Crippen LogP contribution in [0, 0.1) is 0 Å². The van der Waals surface area contributed by atoms with Gasteiger partial charge in [-0.25, -0.2) is 4.98 Å². The first-order chi connectivity index (χ1) is 8.19. The lowest BCUT2D eigenvalue weighted by Crippen LogP contribution is -2.01. The van der Waals surface area contributed by atoms with Gasteiger partial charge in [0.05, 0.1) is 11.9 Å². The molecule has 0 unspecified atom stereocenters. The average molecular weight is 238 g/mol. The third-order valence-corrected chi connectivity index (χ3v) is 2.08. The molecule has 0 saturated carbocycles. The molecule has 1 heterocycles. The van der Waals surface area contributed by atoms with Crippen LogP contribution < -0.4 is 4.74 Å². The number of benzene rings is 1. The van der Waals surface area contributed by atoms with Crippen LogP contribution >= 0.6 is 0 Å². The Morgan fingerprint density at radius 1 is 1.29 bits per heavy atom. The summed E-state index contributed by atoms with van der Waals surface area (Å²) in [6.45, 7) is -2.84. The average Bonchev–Trinajstić information content (AvgIpc) is 2.78. The van der Waals surface area contributed by atoms with Gasteiger partial charge in [-0.3, -0.25) is 4.79 Å². The van der Waals surface area contributed by atoms with E-state index < -0.39 is 6.61 Å². The van der Waals surface area contributed by atoms with Crippen molar-refractivity contribution in [1.29, 1.82) is 0 Å². The normalized spacial score (nSPS) is 10.5. The maximum absolute atomic E-state index is 11.9. The summed E-state index contributed by atoms with van der Waals surface area (Å²) >= 11 is 0. The molecule has 17 heavy (non-hydrogen) atoms. The molecule has 6 heteroatoms. The molecule has 0 radical (unpaired) electrons. The van der Waals surface area contributed by atoms with Gasteiger partial charge in [0.25, 0.3) is 0 Å². The molecule has 1 N–H and O–H groups in total. The van der Waals surface area contributed by atoms with Crippen molar-refractivity contribution >= 4 is 6.29 Å². The summed E-state index contributed by atoms with van der Waals surface area (Å²) in [7, 11) is 0. The van der Waals surface area contributed by atoms with Crippen LogP contribution in [0.5, 0.6) is 5.75 Å². The zero-order valence-electron chi connectivity index (χ0n) is 8.56. The Kier molecular flexibility index (Phi) is 3.13. The molecule has 1 aromatic carbocycles. The maximum atomic E-state index is 11.9. The lowest BCUT2D eigenvalue weighted by molar-refractivity contribution is -0.0498. The highest BCUT2D eigenvalue weighted by Crippen LogP contribution is 2.20. The molecule has 0 bridgehead atoms. The highest BCUT2D eigenvalue weighted by atomic mass is 19.3. The van der Waals surface area contributed by atoms with E-state index in [1.807, 2.05) is 0 Å². The smallest absolute Gasteiger partial charge is 0.387 e. The first kappa shape index (κ1) is 11.3. The number of nitrogens with zero attached hydrogens (tertiary/aromatic N) is 1. The Labute approximate surface area is 95.3 Å². The molecule has 0 amide bonds. The number of alkyl halides is 2. The molecule has 2 rings (SSSR count). The van der Waals surface area contributed by atoms with E-state index in [1.54, 1.807) is 12.1 Å². The third-order valence-electron chi connectivity index (χ3n) is 2.08. The molecule has 0 aliphatic carbocycles. The molecule has 0 aliphatic heterocycles. The number of aldehydes is 1. The molecule has 2 aromatic rings. The largest absolute Gasteiger partial charge is 0.435 e. The van der Waals surface area contributed by atoms with E-state index in [9.17, 15) is 13.6 Å². The van der Waals surface area contributed by atoms with Crippen molar-refractivity contribution in [3.63, 3.8) is 0 Å². The van der Waals surface area contributed by atoms with Gasteiger partial charge in [0.2, 0.25) is 0 Å². The van der Waals surface area contributed by atoms with E-state index in [0.29, 0.717) is 23.4 Å². The van der Waals surface area contributed by atoms with E-state index >= 15 is 0 Å². The molecule has 0 atom stereocenters. The van der Waals surface area contributed by atoms with Crippen molar-refractivity contribution in [1.82, 2.24) is 9.97 Å². The first-order valence-electron chi connectivity index (χ1n) is 4.74. The Bertz CT molecular complexity index is 508. The third kappa shape index (κ3) is 2.66. The maximum Gasteiger partial charge on any atom is 0.387 e. The van der Waals surface area contributed by atoms with Crippen molar-refractivity contribution in [3.05, 3.63) is 36.2 Å². The van der Waals surface area contributed by atoms with Gasteiger partial charge in [-0.2, -0.15) is 8.78 Å². The molecular weight excluding hydrogens is 230 g/mol. The number of carbonyl (C=O) groups excluding carboxylic acids is 1. The van der Waals surface area contributed by atoms with Crippen LogP contribution in [0.3, 0.4) is 0 Å². The second-order valence-corrected chi connectivity index (χ2v) is 3.21. The molecule has 0 aliphatic rings. The molecule has 0 spiro atoms. The van der Waals surface area contributed by atoms with Crippen molar-refractivity contribution in [2.24, 2.45) is 0 Å². The highest BCUT2D eigenvalue weighted by Gasteiger charge is 2.06. The minimum absolute atomic E-state index is 0.0749. The number of hydrogen-bond donors (Lipinski definition) is 1. The molecule has 0 saturated heterocycles. The van der Waals surface area contributed by atoms with Crippen LogP contribution in [0.1, 0.15) is 10.5 Å². The Morgan fingerprint density at radius 3 is 2.53 bits per heavy atom. The predicted molar refractivity (Wildman–Crippen MR) is 56.0 cm³/mol. The number of imidazole rings is 1. The summed E-state index contributed by atoms with van der Waals surface area (Å²) in [5.74, 6) is 0.571. The fourth-order valence-electron chi connectivity index (χ4n) is 1.34. The second kappa shape index (κ2) is 4.73. The van der Waals surface area contributed by atoms with Crippen LogP contribution in [-0.2, 0) is 0 Å². The summed E-state index contributed by atoms with van der Waals surface area (Å²) < 4.78 is 28.0. The predicted octanol–water partition coefficient (Wildman–Crippen LogP) is 2.49. The zero-order valence-corrected chi connectivity index (χ0v) is 8.56. The van der Waals surface area contributed by atoms with Gasteiger partial charge in [0, 0.05) is 5.56 Å². The number of carbonyl (C=O) groups is 1. The fraction of sp³-hybridized carbons (Fsp3) is 0.0909. The number of aromatic amines is 1. The van der Waals surface area contributed by atoms with Crippen LogP contribution in [0.25, 0.3) is 11.4 Å². The highest BCUT2D eigenvalue weighted by molar-refractivity contribution is 5.73. The lowest BCUT2D eigenvalue weighted by Gasteiger charge is -2.04. The topological polar surface area (TPSA) is 55.0 Å². The number of aromatic nitrogens is 2. The van der Waals surface area contributed by atoms with Crippen molar-refractivity contribution in [2.75, 3.05) is 0 Å². The van der Waals surface area contributed by atoms with Gasteiger partial charge in [-0.15, -0.1) is 0 Å². The molecule has 1 aromatic heterocycles. The number of ether oxygens (including phenoxy) is 1. The SMILES string of the molecule is O=Cc1cnc(-c2ccc(OC(F)F)cc2)[nH]1. The number of halogens is 2. The molecule has 4 nitrogen and oxygen atoms in total. The van der Waals surface area contributed by atoms with Gasteiger partial charge >= 0.3 is 6.61 Å². The standard InChI is InChI=1S/C11H8F2N2O2/c12-11(13)17-9-3-1-7(2-4-9)10-14-5-8(6-16)15-10/h1-6,11H,(H,14,15). The van der Waals surface area contributed by atoms with Gasteiger partial charge < -0.3 is 9.72 Å². The van der Waals surface area contributed by atoms with E-state index in [0.717, 1.165) is 0 Å². The van der Waals surface area contributed by atoms with Gasteiger partial charge in [0.15, 0.2) is 6.29 Å². The van der Waals surface area contributed by atoms with Crippen molar-refractivity contribution in [2.45, 2.75) is 6.61 Å². The van der Waals surface area contributed by atoms with Crippen molar-refractivity contribution < 1.29 is 18.3 Å².